The fourth-order valence-corrected chi connectivity index (χ4v) is 3.21. The average molecular weight is 392 g/mol. The second kappa shape index (κ2) is 10.1. The molecule has 2 amide bonds. The Morgan fingerprint density at radius 2 is 1.96 bits per heavy atom. The first-order valence-corrected chi connectivity index (χ1v) is 9.38. The van der Waals surface area contributed by atoms with Crippen molar-refractivity contribution in [2.75, 3.05) is 32.0 Å². The summed E-state index contributed by atoms with van der Waals surface area (Å²) < 4.78 is 0. The fourth-order valence-electron chi connectivity index (χ4n) is 2.37. The van der Waals surface area contributed by atoms with E-state index in [0.717, 1.165) is 4.88 Å². The van der Waals surface area contributed by atoms with E-state index in [1.165, 1.54) is 0 Å². The van der Waals surface area contributed by atoms with E-state index in [4.69, 9.17) is 11.6 Å². The highest BCUT2D eigenvalue weighted by molar-refractivity contribution is 7.09. The van der Waals surface area contributed by atoms with Gasteiger partial charge in [0.25, 0.3) is 0 Å². The van der Waals surface area contributed by atoms with Crippen molar-refractivity contribution in [3.05, 3.63) is 64.3 Å². The van der Waals surface area contributed by atoms with Crippen molar-refractivity contribution in [2.45, 2.75) is 6.54 Å². The SMILES string of the molecule is C=CCN(Cc1cccs1)C(=O)CN(C)CC(=O)Nc1ccc(Cl)cc1. The number of likely N-dealkylation sites (N-methyl/N-ethyl adjacent to an activating group) is 1. The smallest absolute Gasteiger partial charge is 0.238 e. The van der Waals surface area contributed by atoms with Crippen LogP contribution in [0.15, 0.2) is 54.4 Å². The van der Waals surface area contributed by atoms with Gasteiger partial charge in [0.2, 0.25) is 11.8 Å². The minimum absolute atomic E-state index is 0.0416. The molecule has 0 fully saturated rings. The monoisotopic (exact) mass is 391 g/mol. The number of hydrogen-bond acceptors (Lipinski definition) is 4. The van der Waals surface area contributed by atoms with Gasteiger partial charge in [-0.05, 0) is 42.8 Å². The molecule has 0 aliphatic heterocycles. The van der Waals surface area contributed by atoms with E-state index in [1.807, 2.05) is 17.5 Å². The number of nitrogens with one attached hydrogen (secondary N) is 1. The number of carbonyl (C=O) groups excluding carboxylic acids is 2. The van der Waals surface area contributed by atoms with Crippen LogP contribution in [0.25, 0.3) is 0 Å². The molecule has 0 aliphatic rings. The molecule has 2 aromatic rings. The van der Waals surface area contributed by atoms with Crippen LogP contribution in [0.4, 0.5) is 5.69 Å². The molecular weight excluding hydrogens is 370 g/mol. The highest BCUT2D eigenvalue weighted by atomic mass is 35.5. The Balaban J connectivity index is 1.84. The number of hydrogen-bond donors (Lipinski definition) is 1. The predicted octanol–water partition coefficient (Wildman–Crippen LogP) is 3.49. The van der Waals surface area contributed by atoms with E-state index in [1.54, 1.807) is 58.5 Å². The minimum atomic E-state index is -0.184. The predicted molar refractivity (Wildman–Crippen MR) is 108 cm³/mol. The topological polar surface area (TPSA) is 52.7 Å². The number of amides is 2. The van der Waals surface area contributed by atoms with Crippen LogP contribution in [0, 0.1) is 0 Å². The molecule has 26 heavy (non-hydrogen) atoms. The van der Waals surface area contributed by atoms with Crippen molar-refractivity contribution in [2.24, 2.45) is 0 Å². The molecule has 1 aromatic carbocycles. The molecule has 2 rings (SSSR count). The van der Waals surface area contributed by atoms with Gasteiger partial charge in [0.1, 0.15) is 0 Å². The van der Waals surface area contributed by atoms with Gasteiger partial charge in [0.15, 0.2) is 0 Å². The zero-order chi connectivity index (χ0) is 18.9. The molecule has 0 radical (unpaired) electrons. The van der Waals surface area contributed by atoms with E-state index >= 15 is 0 Å². The van der Waals surface area contributed by atoms with Crippen LogP contribution in [0.1, 0.15) is 4.88 Å². The zero-order valence-electron chi connectivity index (χ0n) is 14.7. The van der Waals surface area contributed by atoms with Gasteiger partial charge in [0, 0.05) is 22.1 Å². The lowest BCUT2D eigenvalue weighted by molar-refractivity contribution is -0.132. The first kappa shape index (κ1) is 20.2. The van der Waals surface area contributed by atoms with Crippen LogP contribution < -0.4 is 5.32 Å². The van der Waals surface area contributed by atoms with Gasteiger partial charge in [-0.1, -0.05) is 23.7 Å². The Morgan fingerprint density at radius 1 is 1.23 bits per heavy atom. The summed E-state index contributed by atoms with van der Waals surface area (Å²) in [7, 11) is 1.75. The number of thiophene rings is 1. The summed E-state index contributed by atoms with van der Waals surface area (Å²) in [5, 5.41) is 5.38. The summed E-state index contributed by atoms with van der Waals surface area (Å²) in [4.78, 5) is 29.2. The number of anilines is 1. The minimum Gasteiger partial charge on any atom is -0.333 e. The normalized spacial score (nSPS) is 10.6. The molecule has 138 valence electrons. The van der Waals surface area contributed by atoms with Gasteiger partial charge < -0.3 is 10.2 Å². The van der Waals surface area contributed by atoms with Gasteiger partial charge in [-0.15, -0.1) is 17.9 Å². The largest absolute Gasteiger partial charge is 0.333 e. The van der Waals surface area contributed by atoms with Gasteiger partial charge in [-0.2, -0.15) is 0 Å². The summed E-state index contributed by atoms with van der Waals surface area (Å²) in [6.07, 6.45) is 1.71. The molecule has 0 bridgehead atoms. The van der Waals surface area contributed by atoms with Gasteiger partial charge in [0.05, 0.1) is 19.6 Å². The second-order valence-corrected chi connectivity index (χ2v) is 7.34. The standard InChI is InChI=1S/C19H22ClN3O2S/c1-3-10-23(12-17-5-4-11-26-17)19(25)14-22(2)13-18(24)21-16-8-6-15(20)7-9-16/h3-9,11H,1,10,12-14H2,2H3,(H,21,24). The molecule has 0 spiro atoms. The Bertz CT molecular complexity index is 732. The molecule has 1 N–H and O–H groups in total. The Hall–Kier alpha value is -2.15. The number of benzene rings is 1. The van der Waals surface area contributed by atoms with Crippen molar-refractivity contribution >= 4 is 40.4 Å². The maximum absolute atomic E-state index is 12.5. The lowest BCUT2D eigenvalue weighted by Crippen LogP contribution is -2.41. The van der Waals surface area contributed by atoms with Gasteiger partial charge in [-0.25, -0.2) is 0 Å². The van der Waals surface area contributed by atoms with Crippen LogP contribution in [0.2, 0.25) is 5.02 Å². The van der Waals surface area contributed by atoms with E-state index in [0.29, 0.717) is 23.8 Å². The number of halogens is 1. The average Bonchev–Trinajstić information content (AvgIpc) is 3.09. The first-order chi connectivity index (χ1) is 12.5. The lowest BCUT2D eigenvalue weighted by atomic mass is 10.3. The summed E-state index contributed by atoms with van der Waals surface area (Å²) in [6, 6.07) is 10.8. The highest BCUT2D eigenvalue weighted by Gasteiger charge is 2.17. The number of carbonyl (C=O) groups is 2. The number of nitrogens with zero attached hydrogens (tertiary/aromatic N) is 2. The van der Waals surface area contributed by atoms with E-state index in [9.17, 15) is 9.59 Å². The van der Waals surface area contributed by atoms with Crippen molar-refractivity contribution < 1.29 is 9.59 Å². The van der Waals surface area contributed by atoms with Gasteiger partial charge >= 0.3 is 0 Å². The summed E-state index contributed by atoms with van der Waals surface area (Å²) >= 11 is 7.44. The van der Waals surface area contributed by atoms with Crippen molar-refractivity contribution in [3.8, 4) is 0 Å². The number of rotatable bonds is 9. The van der Waals surface area contributed by atoms with Crippen molar-refractivity contribution in [1.82, 2.24) is 9.80 Å². The highest BCUT2D eigenvalue weighted by Crippen LogP contribution is 2.14. The quantitative estimate of drug-likeness (QED) is 0.666. The van der Waals surface area contributed by atoms with Crippen LogP contribution >= 0.6 is 22.9 Å². The molecule has 0 unspecified atom stereocenters. The summed E-state index contributed by atoms with van der Waals surface area (Å²) in [5.41, 5.74) is 0.671. The van der Waals surface area contributed by atoms with E-state index in [-0.39, 0.29) is 24.9 Å². The Morgan fingerprint density at radius 3 is 2.58 bits per heavy atom. The molecule has 0 atom stereocenters. The summed E-state index contributed by atoms with van der Waals surface area (Å²) in [6.45, 7) is 5.02. The first-order valence-electron chi connectivity index (χ1n) is 8.13. The van der Waals surface area contributed by atoms with Crippen LogP contribution in [-0.2, 0) is 16.1 Å². The molecule has 1 aromatic heterocycles. The Labute approximate surface area is 162 Å². The van der Waals surface area contributed by atoms with E-state index in [2.05, 4.69) is 11.9 Å². The third-order valence-corrected chi connectivity index (χ3v) is 4.69. The second-order valence-electron chi connectivity index (χ2n) is 5.87. The molecule has 7 heteroatoms. The third-order valence-electron chi connectivity index (χ3n) is 3.58. The van der Waals surface area contributed by atoms with Crippen molar-refractivity contribution in [3.63, 3.8) is 0 Å². The molecule has 1 heterocycles. The molecule has 0 saturated heterocycles. The van der Waals surface area contributed by atoms with E-state index < -0.39 is 0 Å². The zero-order valence-corrected chi connectivity index (χ0v) is 16.2. The van der Waals surface area contributed by atoms with Gasteiger partial charge in [-0.3, -0.25) is 14.5 Å². The summed E-state index contributed by atoms with van der Waals surface area (Å²) in [5.74, 6) is -0.226. The maximum Gasteiger partial charge on any atom is 0.238 e. The van der Waals surface area contributed by atoms with Crippen LogP contribution in [0.3, 0.4) is 0 Å². The molecular formula is C19H22ClN3O2S. The van der Waals surface area contributed by atoms with Crippen LogP contribution in [0.5, 0.6) is 0 Å². The molecule has 5 nitrogen and oxygen atoms in total. The fraction of sp³-hybridized carbons (Fsp3) is 0.263. The maximum atomic E-state index is 12.5. The molecule has 0 saturated carbocycles. The third kappa shape index (κ3) is 6.63. The molecule has 0 aliphatic carbocycles. The lowest BCUT2D eigenvalue weighted by Gasteiger charge is -2.24. The van der Waals surface area contributed by atoms with Crippen molar-refractivity contribution in [1.29, 1.82) is 0 Å². The van der Waals surface area contributed by atoms with Crippen LogP contribution in [-0.4, -0.2) is 48.3 Å². The Kier molecular flexibility index (Phi) is 7.84.